The van der Waals surface area contributed by atoms with Gasteiger partial charge in [0.05, 0.1) is 22.9 Å². The van der Waals surface area contributed by atoms with E-state index in [1.165, 1.54) is 5.56 Å². The fourth-order valence-corrected chi connectivity index (χ4v) is 7.49. The zero-order valence-electron chi connectivity index (χ0n) is 27.2. The summed E-state index contributed by atoms with van der Waals surface area (Å²) in [4.78, 5) is 57.6. The predicted molar refractivity (Wildman–Crippen MR) is 181 cm³/mol. The van der Waals surface area contributed by atoms with Crippen LogP contribution in [0, 0.1) is 0 Å². The van der Waals surface area contributed by atoms with E-state index in [1.807, 2.05) is 18.2 Å². The van der Waals surface area contributed by atoms with Crippen molar-refractivity contribution in [2.45, 2.75) is 50.6 Å². The number of fused-ring (bicyclic) bond motifs is 2. The molecule has 2 aromatic carbocycles. The van der Waals surface area contributed by atoms with Crippen LogP contribution >= 0.6 is 0 Å². The van der Waals surface area contributed by atoms with Gasteiger partial charge in [0.2, 0.25) is 11.8 Å². The molecule has 1 atom stereocenters. The maximum absolute atomic E-state index is 13.2. The van der Waals surface area contributed by atoms with Crippen molar-refractivity contribution in [3.05, 3.63) is 89.4 Å². The Balaban J connectivity index is 0.901. The van der Waals surface area contributed by atoms with Crippen LogP contribution in [0.1, 0.15) is 70.0 Å². The first kappa shape index (κ1) is 31.6. The van der Waals surface area contributed by atoms with Crippen molar-refractivity contribution in [3.8, 4) is 28.1 Å². The third-order valence-corrected chi connectivity index (χ3v) is 10.2. The Bertz CT molecular complexity index is 2050. The number of nitrogens with one attached hydrogen (secondary N) is 1. The van der Waals surface area contributed by atoms with Crippen molar-refractivity contribution in [2.75, 3.05) is 26.2 Å². The molecule has 0 saturated carbocycles. The fraction of sp³-hybridized carbons (Fsp3) is 0.324. The average Bonchev–Trinajstić information content (AvgIpc) is 3.83. The zero-order chi connectivity index (χ0) is 34.4. The number of aryl methyl sites for hydroxylation is 1. The smallest absolute Gasteiger partial charge is 0.262 e. The van der Waals surface area contributed by atoms with E-state index in [4.69, 9.17) is 9.84 Å². The lowest BCUT2D eigenvalue weighted by atomic mass is 9.98. The van der Waals surface area contributed by atoms with E-state index in [-0.39, 0.29) is 30.0 Å². The highest BCUT2D eigenvalue weighted by molar-refractivity contribution is 6.23. The molecule has 5 heterocycles. The molecule has 2 aromatic heterocycles. The van der Waals surface area contributed by atoms with Crippen molar-refractivity contribution in [3.63, 3.8) is 0 Å². The van der Waals surface area contributed by atoms with E-state index in [0.717, 1.165) is 77.3 Å². The summed E-state index contributed by atoms with van der Waals surface area (Å²) in [5, 5.41) is 20.2. The van der Waals surface area contributed by atoms with E-state index in [9.17, 15) is 24.4 Å². The van der Waals surface area contributed by atoms with Gasteiger partial charge in [0.25, 0.3) is 11.8 Å². The summed E-state index contributed by atoms with van der Waals surface area (Å²) in [7, 11) is 0. The lowest BCUT2D eigenvalue weighted by Crippen LogP contribution is -2.54. The number of benzene rings is 2. The van der Waals surface area contributed by atoms with Crippen LogP contribution in [0.25, 0.3) is 22.4 Å². The SMILES string of the molecule is O=C1CCC(N2C(=O)c3ccc(OCCN4CCC(n5cc(-c6ccc7c(c6)CC/C7=N\O)c(-c6ccncc6)n5)CC4)cc3C2=O)C(=O)N1. The van der Waals surface area contributed by atoms with Gasteiger partial charge in [-0.05, 0) is 73.6 Å². The van der Waals surface area contributed by atoms with Crippen molar-refractivity contribution >= 4 is 29.3 Å². The topological polar surface area (TPSA) is 159 Å². The Kier molecular flexibility index (Phi) is 8.19. The van der Waals surface area contributed by atoms with E-state index >= 15 is 0 Å². The molecule has 4 amide bonds. The molecule has 0 spiro atoms. The van der Waals surface area contributed by atoms with Gasteiger partial charge in [0.15, 0.2) is 0 Å². The minimum atomic E-state index is -1.00. The molecule has 13 nitrogen and oxygen atoms in total. The number of ether oxygens (including phenoxy) is 1. The molecule has 8 rings (SSSR count). The highest BCUT2D eigenvalue weighted by atomic mass is 16.5. The highest BCUT2D eigenvalue weighted by Crippen LogP contribution is 2.36. The average molecular weight is 674 g/mol. The Morgan fingerprint density at radius 1 is 0.840 bits per heavy atom. The van der Waals surface area contributed by atoms with Crippen molar-refractivity contribution in [2.24, 2.45) is 5.16 Å². The molecule has 13 heteroatoms. The quantitative estimate of drug-likeness (QED) is 0.161. The standard InChI is InChI=1S/C37H35N7O6/c45-33-8-7-32(35(46)39-33)44-36(47)28-5-3-26(20-29(28)37(44)48)50-18-17-42-15-11-25(12-16-42)43-21-30(34(40-43)22-9-13-38-14-10-22)24-1-4-27-23(19-24)2-6-31(27)41-49/h1,3-5,9-10,13-14,19-21,25,32,49H,2,6-8,11-12,15-18H2,(H,39,45,46)/b41-31+. The van der Waals surface area contributed by atoms with Crippen LogP contribution in [0.3, 0.4) is 0 Å². The van der Waals surface area contributed by atoms with Crippen molar-refractivity contribution < 1.29 is 29.1 Å². The number of carbonyl (C=O) groups excluding carboxylic acids is 4. The number of hydrogen-bond acceptors (Lipinski definition) is 10. The number of carbonyl (C=O) groups is 4. The molecule has 0 bridgehead atoms. The van der Waals surface area contributed by atoms with Crippen molar-refractivity contribution in [1.29, 1.82) is 0 Å². The number of hydrogen-bond donors (Lipinski definition) is 2. The maximum atomic E-state index is 13.2. The second-order valence-corrected chi connectivity index (χ2v) is 13.1. The number of nitrogens with zero attached hydrogens (tertiary/aromatic N) is 6. The molecule has 2 N–H and O–H groups in total. The van der Waals surface area contributed by atoms with Gasteiger partial charge in [0, 0.05) is 61.3 Å². The summed E-state index contributed by atoms with van der Waals surface area (Å²) < 4.78 is 8.12. The number of imide groups is 2. The van der Waals surface area contributed by atoms with E-state index in [2.05, 4.69) is 43.4 Å². The van der Waals surface area contributed by atoms with Gasteiger partial charge in [-0.25, -0.2) is 0 Å². The molecular weight excluding hydrogens is 638 g/mol. The first-order valence-electron chi connectivity index (χ1n) is 16.9. The zero-order valence-corrected chi connectivity index (χ0v) is 27.2. The second-order valence-electron chi connectivity index (χ2n) is 13.1. The van der Waals surface area contributed by atoms with Gasteiger partial charge < -0.3 is 9.94 Å². The molecule has 0 radical (unpaired) electrons. The van der Waals surface area contributed by atoms with E-state index in [1.54, 1.807) is 30.6 Å². The van der Waals surface area contributed by atoms with Gasteiger partial charge in [-0.3, -0.25) is 44.0 Å². The van der Waals surface area contributed by atoms with Gasteiger partial charge >= 0.3 is 0 Å². The Morgan fingerprint density at radius 2 is 1.62 bits per heavy atom. The first-order chi connectivity index (χ1) is 24.4. The minimum absolute atomic E-state index is 0.0734. The summed E-state index contributed by atoms with van der Waals surface area (Å²) in [5.41, 5.74) is 7.38. The molecule has 4 aromatic rings. The van der Waals surface area contributed by atoms with Crippen LogP contribution in [-0.2, 0) is 16.0 Å². The number of oxime groups is 1. The fourth-order valence-electron chi connectivity index (χ4n) is 7.49. The van der Waals surface area contributed by atoms with Crippen LogP contribution in [0.15, 0.2) is 72.3 Å². The van der Waals surface area contributed by atoms with Crippen LogP contribution < -0.4 is 10.1 Å². The summed E-state index contributed by atoms with van der Waals surface area (Å²) in [6.07, 6.45) is 9.31. The largest absolute Gasteiger partial charge is 0.492 e. The number of likely N-dealkylation sites (tertiary alicyclic amines) is 1. The van der Waals surface area contributed by atoms with Crippen LogP contribution in [-0.4, -0.2) is 91.4 Å². The van der Waals surface area contributed by atoms with Crippen LogP contribution in [0.4, 0.5) is 0 Å². The molecule has 1 aliphatic carbocycles. The number of piperidine rings is 2. The van der Waals surface area contributed by atoms with Gasteiger partial charge in [-0.15, -0.1) is 0 Å². The third-order valence-electron chi connectivity index (χ3n) is 10.2. The summed E-state index contributed by atoms with van der Waals surface area (Å²) in [6.45, 7) is 2.84. The first-order valence-corrected chi connectivity index (χ1v) is 16.9. The monoisotopic (exact) mass is 673 g/mol. The second kappa shape index (κ2) is 13.0. The highest BCUT2D eigenvalue weighted by Gasteiger charge is 2.44. The normalized spacial score (nSPS) is 20.4. The lowest BCUT2D eigenvalue weighted by Gasteiger charge is -2.31. The Morgan fingerprint density at radius 3 is 2.40 bits per heavy atom. The number of pyridine rings is 1. The number of amides is 4. The summed E-state index contributed by atoms with van der Waals surface area (Å²) in [5.74, 6) is -1.66. The summed E-state index contributed by atoms with van der Waals surface area (Å²) >= 11 is 0. The van der Waals surface area contributed by atoms with Crippen molar-refractivity contribution in [1.82, 2.24) is 29.9 Å². The van der Waals surface area contributed by atoms with E-state index in [0.29, 0.717) is 18.9 Å². The van der Waals surface area contributed by atoms with Gasteiger partial charge in [0.1, 0.15) is 24.1 Å². The number of aromatic nitrogens is 3. The minimum Gasteiger partial charge on any atom is -0.492 e. The molecular formula is C37H35N7O6. The molecule has 3 aliphatic heterocycles. The maximum Gasteiger partial charge on any atom is 0.262 e. The van der Waals surface area contributed by atoms with Gasteiger partial charge in [-0.2, -0.15) is 5.10 Å². The molecule has 4 aliphatic rings. The van der Waals surface area contributed by atoms with Crippen LogP contribution in [0.5, 0.6) is 5.75 Å². The third kappa shape index (κ3) is 5.72. The van der Waals surface area contributed by atoms with E-state index < -0.39 is 29.7 Å². The Labute approximate surface area is 287 Å². The lowest BCUT2D eigenvalue weighted by molar-refractivity contribution is -0.136. The Hall–Kier alpha value is -5.69. The molecule has 2 saturated heterocycles. The molecule has 50 heavy (non-hydrogen) atoms. The molecule has 2 fully saturated rings. The number of rotatable bonds is 8. The molecule has 254 valence electrons. The summed E-state index contributed by atoms with van der Waals surface area (Å²) in [6, 6.07) is 14.3. The van der Waals surface area contributed by atoms with Gasteiger partial charge in [-0.1, -0.05) is 23.4 Å². The predicted octanol–water partition coefficient (Wildman–Crippen LogP) is 3.85. The molecule has 1 unspecified atom stereocenters. The van der Waals surface area contributed by atoms with Crippen LogP contribution in [0.2, 0.25) is 0 Å².